The van der Waals surface area contributed by atoms with Crippen molar-refractivity contribution < 1.29 is 0 Å². The summed E-state index contributed by atoms with van der Waals surface area (Å²) in [6.07, 6.45) is 0. The third-order valence-corrected chi connectivity index (χ3v) is 3.52. The van der Waals surface area contributed by atoms with Gasteiger partial charge < -0.3 is 5.32 Å². The largest absolute Gasteiger partial charge is 0.364 e. The van der Waals surface area contributed by atoms with Crippen LogP contribution in [-0.4, -0.2) is 25.4 Å². The molecule has 0 amide bonds. The van der Waals surface area contributed by atoms with Gasteiger partial charge >= 0.3 is 0 Å². The monoisotopic (exact) mass is 302 g/mol. The second-order valence-corrected chi connectivity index (χ2v) is 5.10. The third kappa shape index (κ3) is 2.74. The van der Waals surface area contributed by atoms with Crippen molar-refractivity contribution in [3.05, 3.63) is 66.2 Å². The van der Waals surface area contributed by atoms with E-state index in [1.807, 2.05) is 48.5 Å². The van der Waals surface area contributed by atoms with Crippen LogP contribution in [0.5, 0.6) is 0 Å². The van der Waals surface area contributed by atoms with Crippen molar-refractivity contribution in [2.24, 2.45) is 0 Å². The van der Waals surface area contributed by atoms with Crippen molar-refractivity contribution in [3.63, 3.8) is 0 Å². The predicted molar refractivity (Wildman–Crippen MR) is 88.7 cm³/mol. The van der Waals surface area contributed by atoms with Crippen LogP contribution >= 0.6 is 0 Å². The number of benzene rings is 2. The number of fused-ring (bicyclic) bond motifs is 1. The van der Waals surface area contributed by atoms with Crippen molar-refractivity contribution in [3.8, 4) is 11.4 Å². The molecule has 6 nitrogen and oxygen atoms in total. The van der Waals surface area contributed by atoms with Gasteiger partial charge in [0, 0.05) is 12.1 Å². The first kappa shape index (κ1) is 13.4. The Morgan fingerprint density at radius 2 is 1.57 bits per heavy atom. The Kier molecular flexibility index (Phi) is 3.40. The average molecular weight is 302 g/mol. The van der Waals surface area contributed by atoms with Crippen LogP contribution in [0.1, 0.15) is 5.56 Å². The fraction of sp³-hybridized carbons (Fsp3) is 0.0588. The first-order chi connectivity index (χ1) is 11.4. The minimum Gasteiger partial charge on any atom is -0.364 e. The SMILES string of the molecule is c1ccc(CNc2nc(-c3ccccc3)nc3n[nH]nc23)cc1. The molecule has 0 fully saturated rings. The lowest BCUT2D eigenvalue weighted by Gasteiger charge is -2.08. The number of nitrogens with zero attached hydrogens (tertiary/aromatic N) is 4. The number of aromatic nitrogens is 5. The molecule has 0 aliphatic carbocycles. The van der Waals surface area contributed by atoms with Gasteiger partial charge in [0.25, 0.3) is 0 Å². The Balaban J connectivity index is 1.71. The highest BCUT2D eigenvalue weighted by molar-refractivity contribution is 5.83. The highest BCUT2D eigenvalue weighted by Crippen LogP contribution is 2.22. The zero-order valence-electron chi connectivity index (χ0n) is 12.3. The molecule has 0 unspecified atom stereocenters. The predicted octanol–water partition coefficient (Wildman–Crippen LogP) is 3.03. The lowest BCUT2D eigenvalue weighted by atomic mass is 10.2. The first-order valence-corrected chi connectivity index (χ1v) is 7.32. The van der Waals surface area contributed by atoms with Crippen LogP contribution in [0.15, 0.2) is 60.7 Å². The van der Waals surface area contributed by atoms with Crippen LogP contribution in [0.25, 0.3) is 22.6 Å². The average Bonchev–Trinajstić information content (AvgIpc) is 3.10. The minimum atomic E-state index is 0.550. The Hall–Kier alpha value is -3.28. The van der Waals surface area contributed by atoms with Gasteiger partial charge in [-0.3, -0.25) is 0 Å². The van der Waals surface area contributed by atoms with Gasteiger partial charge in [-0.1, -0.05) is 60.7 Å². The van der Waals surface area contributed by atoms with Gasteiger partial charge in [-0.25, -0.2) is 9.97 Å². The van der Waals surface area contributed by atoms with Crippen molar-refractivity contribution in [2.75, 3.05) is 5.32 Å². The Morgan fingerprint density at radius 3 is 2.35 bits per heavy atom. The summed E-state index contributed by atoms with van der Waals surface area (Å²) >= 11 is 0. The zero-order valence-corrected chi connectivity index (χ0v) is 12.3. The highest BCUT2D eigenvalue weighted by Gasteiger charge is 2.12. The number of aromatic amines is 1. The van der Waals surface area contributed by atoms with E-state index in [9.17, 15) is 0 Å². The maximum absolute atomic E-state index is 4.61. The molecule has 2 aromatic heterocycles. The lowest BCUT2D eigenvalue weighted by Crippen LogP contribution is -2.04. The molecule has 4 rings (SSSR count). The van der Waals surface area contributed by atoms with E-state index >= 15 is 0 Å². The van der Waals surface area contributed by atoms with Gasteiger partial charge in [0.2, 0.25) is 5.65 Å². The summed E-state index contributed by atoms with van der Waals surface area (Å²) in [4.78, 5) is 9.08. The number of nitrogens with one attached hydrogen (secondary N) is 2. The maximum Gasteiger partial charge on any atom is 0.207 e. The summed E-state index contributed by atoms with van der Waals surface area (Å²) in [7, 11) is 0. The number of hydrogen-bond acceptors (Lipinski definition) is 5. The van der Waals surface area contributed by atoms with Gasteiger partial charge in [0.1, 0.15) is 0 Å². The fourth-order valence-electron chi connectivity index (χ4n) is 2.37. The van der Waals surface area contributed by atoms with Crippen molar-refractivity contribution >= 4 is 17.0 Å². The normalized spacial score (nSPS) is 10.8. The van der Waals surface area contributed by atoms with E-state index in [-0.39, 0.29) is 0 Å². The molecule has 0 saturated heterocycles. The van der Waals surface area contributed by atoms with E-state index in [0.717, 1.165) is 5.56 Å². The Morgan fingerprint density at radius 1 is 0.826 bits per heavy atom. The summed E-state index contributed by atoms with van der Waals surface area (Å²) in [6, 6.07) is 20.0. The number of rotatable bonds is 4. The molecule has 4 aromatic rings. The van der Waals surface area contributed by atoms with E-state index in [1.54, 1.807) is 0 Å². The van der Waals surface area contributed by atoms with Gasteiger partial charge in [0.05, 0.1) is 0 Å². The van der Waals surface area contributed by atoms with E-state index in [0.29, 0.717) is 29.4 Å². The molecule has 23 heavy (non-hydrogen) atoms. The summed E-state index contributed by atoms with van der Waals surface area (Å²) in [5.74, 6) is 1.30. The smallest absolute Gasteiger partial charge is 0.207 e. The first-order valence-electron chi connectivity index (χ1n) is 7.32. The fourth-order valence-corrected chi connectivity index (χ4v) is 2.37. The van der Waals surface area contributed by atoms with E-state index in [4.69, 9.17) is 0 Å². The summed E-state index contributed by atoms with van der Waals surface area (Å²) < 4.78 is 0. The molecule has 6 heteroatoms. The topological polar surface area (TPSA) is 79.4 Å². The molecule has 2 aromatic carbocycles. The third-order valence-electron chi connectivity index (χ3n) is 3.52. The van der Waals surface area contributed by atoms with Crippen LogP contribution in [0.2, 0.25) is 0 Å². The summed E-state index contributed by atoms with van der Waals surface area (Å²) in [5.41, 5.74) is 3.30. The second kappa shape index (κ2) is 5.84. The molecule has 2 heterocycles. The number of hydrogen-bond donors (Lipinski definition) is 2. The van der Waals surface area contributed by atoms with Gasteiger partial charge in [-0.2, -0.15) is 10.3 Å². The quantitative estimate of drug-likeness (QED) is 0.606. The maximum atomic E-state index is 4.61. The van der Waals surface area contributed by atoms with Gasteiger partial charge in [-0.05, 0) is 5.56 Å². The van der Waals surface area contributed by atoms with E-state index in [1.165, 1.54) is 5.56 Å². The highest BCUT2D eigenvalue weighted by atomic mass is 15.4. The van der Waals surface area contributed by atoms with Crippen LogP contribution < -0.4 is 5.32 Å². The van der Waals surface area contributed by atoms with Crippen LogP contribution in [-0.2, 0) is 6.54 Å². The van der Waals surface area contributed by atoms with Gasteiger partial charge in [-0.15, -0.1) is 5.10 Å². The van der Waals surface area contributed by atoms with Crippen LogP contribution in [0, 0.1) is 0 Å². The van der Waals surface area contributed by atoms with E-state index in [2.05, 4.69) is 42.8 Å². The Labute approximate surface area is 132 Å². The lowest BCUT2D eigenvalue weighted by molar-refractivity contribution is 0.954. The summed E-state index contributed by atoms with van der Waals surface area (Å²) in [5, 5.41) is 14.2. The van der Waals surface area contributed by atoms with Crippen molar-refractivity contribution in [1.82, 2.24) is 25.4 Å². The molecule has 0 saturated carbocycles. The number of anilines is 1. The molecular weight excluding hydrogens is 288 g/mol. The molecule has 0 atom stereocenters. The van der Waals surface area contributed by atoms with Gasteiger partial charge in [0.15, 0.2) is 17.2 Å². The second-order valence-electron chi connectivity index (χ2n) is 5.10. The van der Waals surface area contributed by atoms with Crippen molar-refractivity contribution in [2.45, 2.75) is 6.54 Å². The Bertz CT molecular complexity index is 918. The molecule has 0 bridgehead atoms. The molecular formula is C17H14N6. The molecule has 112 valence electrons. The molecule has 2 N–H and O–H groups in total. The minimum absolute atomic E-state index is 0.550. The van der Waals surface area contributed by atoms with Crippen molar-refractivity contribution in [1.29, 1.82) is 0 Å². The molecule has 0 radical (unpaired) electrons. The molecule has 0 spiro atoms. The summed E-state index contributed by atoms with van der Waals surface area (Å²) in [6.45, 7) is 0.661. The standard InChI is InChI=1S/C17H14N6/c1-3-7-12(8-4-1)11-18-16-14-17(22-23-21-14)20-15(19-16)13-9-5-2-6-10-13/h1-10H,11H2,(H2,18,19,20,21,22,23). The zero-order chi connectivity index (χ0) is 15.5. The molecule has 0 aliphatic rings. The number of H-pyrrole nitrogens is 1. The van der Waals surface area contributed by atoms with E-state index < -0.39 is 0 Å². The van der Waals surface area contributed by atoms with Crippen LogP contribution in [0.4, 0.5) is 5.82 Å². The van der Waals surface area contributed by atoms with Crippen LogP contribution in [0.3, 0.4) is 0 Å². The molecule has 0 aliphatic heterocycles.